The molecule has 0 saturated carbocycles. The number of halogens is 1. The summed E-state index contributed by atoms with van der Waals surface area (Å²) in [5.74, 6) is 0.186. The molecule has 0 bridgehead atoms. The standard InChI is InChI=1S/C8H6ClN5S/c9-5-3-13-8(10)14-7(5)15-6-4-11-1-2-12-6/h1-4H,(H2,10,13,14). The van der Waals surface area contributed by atoms with Crippen LogP contribution >= 0.6 is 23.4 Å². The average Bonchev–Trinajstić information content (AvgIpc) is 2.25. The van der Waals surface area contributed by atoms with Crippen molar-refractivity contribution in [2.75, 3.05) is 5.73 Å². The maximum atomic E-state index is 5.90. The second kappa shape index (κ2) is 4.41. The molecule has 0 fully saturated rings. The number of nitrogens with two attached hydrogens (primary N) is 1. The fraction of sp³-hybridized carbons (Fsp3) is 0. The third-order valence-corrected chi connectivity index (χ3v) is 2.78. The molecule has 2 aromatic heterocycles. The van der Waals surface area contributed by atoms with Crippen LogP contribution < -0.4 is 5.73 Å². The first-order valence-corrected chi connectivity index (χ1v) is 5.17. The van der Waals surface area contributed by atoms with Gasteiger partial charge in [-0.15, -0.1) is 0 Å². The van der Waals surface area contributed by atoms with Crippen LogP contribution in [0.15, 0.2) is 34.8 Å². The van der Waals surface area contributed by atoms with Crippen LogP contribution in [-0.2, 0) is 0 Å². The normalized spacial score (nSPS) is 10.2. The quantitative estimate of drug-likeness (QED) is 0.803. The van der Waals surface area contributed by atoms with Crippen molar-refractivity contribution in [3.05, 3.63) is 29.8 Å². The molecule has 0 atom stereocenters. The number of anilines is 1. The molecule has 0 aliphatic carbocycles. The van der Waals surface area contributed by atoms with Gasteiger partial charge in [0.2, 0.25) is 5.95 Å². The van der Waals surface area contributed by atoms with Gasteiger partial charge < -0.3 is 5.73 Å². The van der Waals surface area contributed by atoms with E-state index >= 15 is 0 Å². The number of aromatic nitrogens is 4. The lowest BCUT2D eigenvalue weighted by molar-refractivity contribution is 1.03. The lowest BCUT2D eigenvalue weighted by Crippen LogP contribution is -1.95. The summed E-state index contributed by atoms with van der Waals surface area (Å²) in [7, 11) is 0. The Labute approximate surface area is 95.1 Å². The number of nitrogen functional groups attached to an aromatic ring is 1. The highest BCUT2D eigenvalue weighted by atomic mass is 35.5. The molecule has 2 aromatic rings. The van der Waals surface area contributed by atoms with Crippen molar-refractivity contribution in [1.82, 2.24) is 19.9 Å². The summed E-state index contributed by atoms with van der Waals surface area (Å²) in [6.07, 6.45) is 6.28. The van der Waals surface area contributed by atoms with Crippen molar-refractivity contribution < 1.29 is 0 Å². The van der Waals surface area contributed by atoms with E-state index in [1.165, 1.54) is 18.0 Å². The first-order chi connectivity index (χ1) is 7.25. The van der Waals surface area contributed by atoms with E-state index in [4.69, 9.17) is 17.3 Å². The minimum Gasteiger partial charge on any atom is -0.368 e. The van der Waals surface area contributed by atoms with Crippen LogP contribution in [0.3, 0.4) is 0 Å². The van der Waals surface area contributed by atoms with Crippen molar-refractivity contribution in [1.29, 1.82) is 0 Å². The van der Waals surface area contributed by atoms with Crippen LogP contribution in [0.1, 0.15) is 0 Å². The highest BCUT2D eigenvalue weighted by Crippen LogP contribution is 2.29. The number of rotatable bonds is 2. The number of nitrogens with zero attached hydrogens (tertiary/aromatic N) is 4. The maximum absolute atomic E-state index is 5.90. The highest BCUT2D eigenvalue weighted by Gasteiger charge is 2.06. The summed E-state index contributed by atoms with van der Waals surface area (Å²) >= 11 is 7.19. The van der Waals surface area contributed by atoms with Crippen LogP contribution in [0.25, 0.3) is 0 Å². The Morgan fingerprint density at radius 2 is 2.07 bits per heavy atom. The number of hydrogen-bond acceptors (Lipinski definition) is 6. The van der Waals surface area contributed by atoms with Gasteiger partial charge in [-0.05, 0) is 11.8 Å². The van der Waals surface area contributed by atoms with E-state index in [9.17, 15) is 0 Å². The predicted octanol–water partition coefficient (Wildman–Crippen LogP) is 1.65. The molecule has 2 rings (SSSR count). The second-order valence-corrected chi connectivity index (χ2v) is 3.94. The molecule has 15 heavy (non-hydrogen) atoms. The van der Waals surface area contributed by atoms with Crippen LogP contribution in [-0.4, -0.2) is 19.9 Å². The van der Waals surface area contributed by atoms with Crippen molar-refractivity contribution in [2.24, 2.45) is 0 Å². The van der Waals surface area contributed by atoms with Crippen molar-refractivity contribution in [2.45, 2.75) is 10.1 Å². The Morgan fingerprint density at radius 3 is 2.80 bits per heavy atom. The van der Waals surface area contributed by atoms with E-state index in [1.807, 2.05) is 0 Å². The van der Waals surface area contributed by atoms with E-state index < -0.39 is 0 Å². The second-order valence-electron chi connectivity index (χ2n) is 2.53. The van der Waals surface area contributed by atoms with Crippen LogP contribution in [0.2, 0.25) is 5.02 Å². The Bertz CT molecular complexity index is 464. The molecule has 0 saturated heterocycles. The van der Waals surface area contributed by atoms with Crippen LogP contribution in [0.4, 0.5) is 5.95 Å². The van der Waals surface area contributed by atoms with Crippen LogP contribution in [0.5, 0.6) is 0 Å². The summed E-state index contributed by atoms with van der Waals surface area (Å²) in [5.41, 5.74) is 5.45. The van der Waals surface area contributed by atoms with E-state index in [0.29, 0.717) is 15.1 Å². The first kappa shape index (κ1) is 10.1. The molecule has 5 nitrogen and oxygen atoms in total. The van der Waals surface area contributed by atoms with E-state index in [2.05, 4.69) is 19.9 Å². The zero-order valence-electron chi connectivity index (χ0n) is 7.46. The third-order valence-electron chi connectivity index (χ3n) is 1.47. The fourth-order valence-electron chi connectivity index (χ4n) is 0.873. The minimum atomic E-state index is 0.186. The fourth-order valence-corrected chi connectivity index (χ4v) is 1.79. The molecule has 0 radical (unpaired) electrons. The predicted molar refractivity (Wildman–Crippen MR) is 57.6 cm³/mol. The monoisotopic (exact) mass is 239 g/mol. The van der Waals surface area contributed by atoms with Crippen molar-refractivity contribution in [3.8, 4) is 0 Å². The largest absolute Gasteiger partial charge is 0.368 e. The third kappa shape index (κ3) is 2.54. The molecule has 0 unspecified atom stereocenters. The smallest absolute Gasteiger partial charge is 0.221 e. The molecule has 0 amide bonds. The molecule has 0 aliphatic rings. The van der Waals surface area contributed by atoms with Gasteiger partial charge in [0.1, 0.15) is 10.1 Å². The minimum absolute atomic E-state index is 0.186. The van der Waals surface area contributed by atoms with Gasteiger partial charge >= 0.3 is 0 Å². The Hall–Kier alpha value is -1.40. The molecular weight excluding hydrogens is 234 g/mol. The van der Waals surface area contributed by atoms with E-state index in [-0.39, 0.29) is 5.95 Å². The van der Waals surface area contributed by atoms with Gasteiger partial charge in [-0.25, -0.2) is 15.0 Å². The molecule has 2 N–H and O–H groups in total. The topological polar surface area (TPSA) is 77.6 Å². The average molecular weight is 240 g/mol. The SMILES string of the molecule is Nc1ncc(Cl)c(Sc2cnccn2)n1. The van der Waals surface area contributed by atoms with Gasteiger partial charge in [-0.2, -0.15) is 0 Å². The lowest BCUT2D eigenvalue weighted by Gasteiger charge is -2.01. The summed E-state index contributed by atoms with van der Waals surface area (Å²) in [6, 6.07) is 0. The Balaban J connectivity index is 2.28. The number of hydrogen-bond donors (Lipinski definition) is 1. The van der Waals surface area contributed by atoms with Gasteiger partial charge in [0.05, 0.1) is 17.4 Å². The van der Waals surface area contributed by atoms with Gasteiger partial charge in [-0.3, -0.25) is 4.98 Å². The van der Waals surface area contributed by atoms with Crippen LogP contribution in [0, 0.1) is 0 Å². The summed E-state index contributed by atoms with van der Waals surface area (Å²) < 4.78 is 0. The zero-order chi connectivity index (χ0) is 10.7. The molecule has 76 valence electrons. The Kier molecular flexibility index (Phi) is 2.98. The van der Waals surface area contributed by atoms with Gasteiger partial charge in [-0.1, -0.05) is 11.6 Å². The summed E-state index contributed by atoms with van der Waals surface area (Å²) in [4.78, 5) is 15.8. The maximum Gasteiger partial charge on any atom is 0.221 e. The van der Waals surface area contributed by atoms with Crippen molar-refractivity contribution >= 4 is 29.3 Å². The first-order valence-electron chi connectivity index (χ1n) is 3.97. The lowest BCUT2D eigenvalue weighted by atomic mass is 10.7. The Morgan fingerprint density at radius 1 is 1.20 bits per heavy atom. The highest BCUT2D eigenvalue weighted by molar-refractivity contribution is 7.99. The van der Waals surface area contributed by atoms with Gasteiger partial charge in [0.25, 0.3) is 0 Å². The zero-order valence-corrected chi connectivity index (χ0v) is 9.03. The molecular formula is C8H6ClN5S. The molecule has 7 heteroatoms. The molecule has 0 spiro atoms. The van der Waals surface area contributed by atoms with Gasteiger partial charge in [0, 0.05) is 12.4 Å². The summed E-state index contributed by atoms with van der Waals surface area (Å²) in [5, 5.41) is 1.72. The van der Waals surface area contributed by atoms with E-state index in [1.54, 1.807) is 18.6 Å². The van der Waals surface area contributed by atoms with Crippen molar-refractivity contribution in [3.63, 3.8) is 0 Å². The van der Waals surface area contributed by atoms with E-state index in [0.717, 1.165) is 0 Å². The molecule has 0 aromatic carbocycles. The molecule has 2 heterocycles. The summed E-state index contributed by atoms with van der Waals surface area (Å²) in [6.45, 7) is 0. The van der Waals surface area contributed by atoms with Gasteiger partial charge in [0.15, 0.2) is 0 Å². The molecule has 0 aliphatic heterocycles.